The van der Waals surface area contributed by atoms with Crippen molar-refractivity contribution in [3.05, 3.63) is 45.1 Å². The molecule has 0 bridgehead atoms. The standard InChI is InChI=1S/C12H10ClN3O3S/c1-6(11-16-9(5-20-11)12(18)19)15-10(17)7-2-3-14-4-8(7)13/h2-6H,1H3,(H,15,17)(H,18,19). The highest BCUT2D eigenvalue weighted by Crippen LogP contribution is 2.20. The van der Waals surface area contributed by atoms with Crippen LogP contribution in [0.3, 0.4) is 0 Å². The maximum Gasteiger partial charge on any atom is 0.355 e. The summed E-state index contributed by atoms with van der Waals surface area (Å²) in [5, 5.41) is 13.7. The summed E-state index contributed by atoms with van der Waals surface area (Å²) in [7, 11) is 0. The van der Waals surface area contributed by atoms with E-state index < -0.39 is 12.0 Å². The van der Waals surface area contributed by atoms with Gasteiger partial charge in [0.1, 0.15) is 5.01 Å². The molecule has 0 fully saturated rings. The van der Waals surface area contributed by atoms with Crippen molar-refractivity contribution in [3.8, 4) is 0 Å². The van der Waals surface area contributed by atoms with Crippen molar-refractivity contribution in [1.82, 2.24) is 15.3 Å². The fraction of sp³-hybridized carbons (Fsp3) is 0.167. The number of aromatic carboxylic acids is 1. The highest BCUT2D eigenvalue weighted by molar-refractivity contribution is 7.09. The fourth-order valence-electron chi connectivity index (χ4n) is 1.48. The van der Waals surface area contributed by atoms with Crippen molar-refractivity contribution in [2.75, 3.05) is 0 Å². The minimum absolute atomic E-state index is 0.0342. The van der Waals surface area contributed by atoms with Crippen molar-refractivity contribution in [2.45, 2.75) is 13.0 Å². The zero-order chi connectivity index (χ0) is 14.7. The monoisotopic (exact) mass is 311 g/mol. The highest BCUT2D eigenvalue weighted by atomic mass is 35.5. The molecule has 0 aliphatic heterocycles. The molecule has 2 heterocycles. The number of hydrogen-bond donors (Lipinski definition) is 2. The smallest absolute Gasteiger partial charge is 0.355 e. The first-order valence-corrected chi connectivity index (χ1v) is 6.84. The Morgan fingerprint density at radius 1 is 1.50 bits per heavy atom. The third-order valence-corrected chi connectivity index (χ3v) is 3.80. The molecule has 0 saturated heterocycles. The van der Waals surface area contributed by atoms with E-state index in [9.17, 15) is 9.59 Å². The molecule has 2 rings (SSSR count). The first-order valence-electron chi connectivity index (χ1n) is 5.58. The molecule has 0 aliphatic carbocycles. The SMILES string of the molecule is CC(NC(=O)c1ccncc1Cl)c1nc(C(=O)O)cs1. The van der Waals surface area contributed by atoms with E-state index >= 15 is 0 Å². The summed E-state index contributed by atoms with van der Waals surface area (Å²) in [6.07, 6.45) is 2.85. The molecule has 2 aromatic heterocycles. The molecule has 0 saturated carbocycles. The summed E-state index contributed by atoms with van der Waals surface area (Å²) in [6, 6.07) is 1.10. The normalized spacial score (nSPS) is 11.9. The summed E-state index contributed by atoms with van der Waals surface area (Å²) in [5.41, 5.74) is 0.275. The number of thiazole rings is 1. The molecule has 1 amide bonds. The molecule has 2 aromatic rings. The Labute approximate surface area is 123 Å². The van der Waals surface area contributed by atoms with E-state index in [1.807, 2.05) is 0 Å². The lowest BCUT2D eigenvalue weighted by molar-refractivity contribution is 0.0691. The van der Waals surface area contributed by atoms with Gasteiger partial charge in [0.25, 0.3) is 5.91 Å². The van der Waals surface area contributed by atoms with E-state index in [0.29, 0.717) is 10.6 Å². The largest absolute Gasteiger partial charge is 0.476 e. The second-order valence-electron chi connectivity index (χ2n) is 3.93. The molecule has 0 aliphatic rings. The van der Waals surface area contributed by atoms with Crippen molar-refractivity contribution >= 4 is 34.8 Å². The van der Waals surface area contributed by atoms with Gasteiger partial charge in [-0.15, -0.1) is 11.3 Å². The van der Waals surface area contributed by atoms with Crippen LogP contribution in [0, 0.1) is 0 Å². The summed E-state index contributed by atoms with van der Waals surface area (Å²) >= 11 is 7.06. The van der Waals surface area contributed by atoms with Gasteiger partial charge in [0.05, 0.1) is 16.6 Å². The Kier molecular flexibility index (Phi) is 4.31. The number of carbonyl (C=O) groups excluding carboxylic acids is 1. The van der Waals surface area contributed by atoms with Crippen LogP contribution in [0.5, 0.6) is 0 Å². The van der Waals surface area contributed by atoms with E-state index in [2.05, 4.69) is 15.3 Å². The predicted molar refractivity (Wildman–Crippen MR) is 74.2 cm³/mol. The van der Waals surface area contributed by atoms with E-state index in [0.717, 1.165) is 0 Å². The molecule has 8 heteroatoms. The average molecular weight is 312 g/mol. The second kappa shape index (κ2) is 5.98. The topological polar surface area (TPSA) is 92.2 Å². The molecule has 0 aromatic carbocycles. The highest BCUT2D eigenvalue weighted by Gasteiger charge is 2.18. The number of amides is 1. The third kappa shape index (κ3) is 3.12. The average Bonchev–Trinajstić information content (AvgIpc) is 2.88. The van der Waals surface area contributed by atoms with E-state index in [1.54, 1.807) is 6.92 Å². The first-order chi connectivity index (χ1) is 9.49. The van der Waals surface area contributed by atoms with Crippen LogP contribution in [0.4, 0.5) is 0 Å². The van der Waals surface area contributed by atoms with Crippen molar-refractivity contribution < 1.29 is 14.7 Å². The number of halogens is 1. The van der Waals surface area contributed by atoms with Gasteiger partial charge >= 0.3 is 5.97 Å². The van der Waals surface area contributed by atoms with Crippen molar-refractivity contribution in [2.24, 2.45) is 0 Å². The van der Waals surface area contributed by atoms with Crippen LogP contribution in [0.2, 0.25) is 5.02 Å². The van der Waals surface area contributed by atoms with E-state index in [4.69, 9.17) is 16.7 Å². The molecule has 6 nitrogen and oxygen atoms in total. The number of rotatable bonds is 4. The van der Waals surface area contributed by atoms with Crippen molar-refractivity contribution in [3.63, 3.8) is 0 Å². The van der Waals surface area contributed by atoms with Gasteiger partial charge in [-0.25, -0.2) is 9.78 Å². The van der Waals surface area contributed by atoms with Crippen LogP contribution in [-0.2, 0) is 0 Å². The van der Waals surface area contributed by atoms with Crippen LogP contribution < -0.4 is 5.32 Å². The first kappa shape index (κ1) is 14.4. The Morgan fingerprint density at radius 2 is 2.25 bits per heavy atom. The third-order valence-electron chi connectivity index (χ3n) is 2.48. The minimum Gasteiger partial charge on any atom is -0.476 e. The zero-order valence-corrected chi connectivity index (χ0v) is 11.9. The number of carboxylic acid groups (broad SMARTS) is 1. The Balaban J connectivity index is 2.11. The van der Waals surface area contributed by atoms with Gasteiger partial charge in [0.2, 0.25) is 0 Å². The number of carboxylic acids is 1. The lowest BCUT2D eigenvalue weighted by Gasteiger charge is -2.11. The number of aromatic nitrogens is 2. The number of nitrogens with zero attached hydrogens (tertiary/aromatic N) is 2. The molecule has 1 unspecified atom stereocenters. The molecule has 0 spiro atoms. The van der Waals surface area contributed by atoms with Crippen LogP contribution >= 0.6 is 22.9 Å². The zero-order valence-electron chi connectivity index (χ0n) is 10.3. The number of pyridine rings is 1. The number of nitrogens with one attached hydrogen (secondary N) is 1. The minimum atomic E-state index is -1.09. The van der Waals surface area contributed by atoms with Gasteiger partial charge in [0.15, 0.2) is 5.69 Å². The number of hydrogen-bond acceptors (Lipinski definition) is 5. The lowest BCUT2D eigenvalue weighted by Crippen LogP contribution is -2.27. The van der Waals surface area contributed by atoms with E-state index in [1.165, 1.54) is 35.2 Å². The maximum absolute atomic E-state index is 12.0. The van der Waals surface area contributed by atoms with Crippen LogP contribution in [0.1, 0.15) is 38.8 Å². The maximum atomic E-state index is 12.0. The van der Waals surface area contributed by atoms with Gasteiger partial charge in [-0.05, 0) is 13.0 Å². The number of carbonyl (C=O) groups is 2. The van der Waals surface area contributed by atoms with Gasteiger partial charge < -0.3 is 10.4 Å². The van der Waals surface area contributed by atoms with Crippen molar-refractivity contribution in [1.29, 1.82) is 0 Å². The van der Waals surface area contributed by atoms with Gasteiger partial charge in [-0.1, -0.05) is 11.6 Å². The molecule has 20 heavy (non-hydrogen) atoms. The Hall–Kier alpha value is -1.99. The molecule has 0 radical (unpaired) electrons. The summed E-state index contributed by atoms with van der Waals surface area (Å²) < 4.78 is 0. The van der Waals surface area contributed by atoms with Gasteiger partial charge in [-0.3, -0.25) is 9.78 Å². The summed E-state index contributed by atoms with van der Waals surface area (Å²) in [6.45, 7) is 1.72. The molecule has 2 N–H and O–H groups in total. The molecular weight excluding hydrogens is 302 g/mol. The fourth-order valence-corrected chi connectivity index (χ4v) is 2.49. The predicted octanol–water partition coefficient (Wildman–Crippen LogP) is 2.38. The van der Waals surface area contributed by atoms with Gasteiger partial charge in [-0.2, -0.15) is 0 Å². The molecule has 104 valence electrons. The Morgan fingerprint density at radius 3 is 2.85 bits per heavy atom. The lowest BCUT2D eigenvalue weighted by atomic mass is 10.2. The second-order valence-corrected chi connectivity index (χ2v) is 5.22. The summed E-state index contributed by atoms with van der Waals surface area (Å²) in [5.74, 6) is -1.46. The summed E-state index contributed by atoms with van der Waals surface area (Å²) in [4.78, 5) is 30.5. The van der Waals surface area contributed by atoms with Crippen LogP contribution in [0.25, 0.3) is 0 Å². The van der Waals surface area contributed by atoms with Crippen LogP contribution in [-0.4, -0.2) is 27.0 Å². The Bertz CT molecular complexity index is 659. The van der Waals surface area contributed by atoms with E-state index in [-0.39, 0.29) is 16.6 Å². The van der Waals surface area contributed by atoms with Gasteiger partial charge in [0, 0.05) is 17.8 Å². The quantitative estimate of drug-likeness (QED) is 0.904. The molecular formula is C12H10ClN3O3S. The molecule has 1 atom stereocenters. The van der Waals surface area contributed by atoms with Crippen LogP contribution in [0.15, 0.2) is 23.8 Å².